The van der Waals surface area contributed by atoms with Gasteiger partial charge in [0.2, 0.25) is 0 Å². The summed E-state index contributed by atoms with van der Waals surface area (Å²) in [6.07, 6.45) is 9.76. The number of carbonyl (C=O) groups is 1. The molecule has 0 unspecified atom stereocenters. The van der Waals surface area contributed by atoms with Crippen LogP contribution >= 0.6 is 0 Å². The van der Waals surface area contributed by atoms with Gasteiger partial charge in [-0.05, 0) is 38.0 Å². The van der Waals surface area contributed by atoms with Crippen molar-refractivity contribution in [2.24, 2.45) is 5.92 Å². The number of aliphatic hydroxyl groups is 2. The Balaban J connectivity index is 0.00000400. The number of carboxylic acids is 1. The molecule has 0 spiro atoms. The first kappa shape index (κ1) is 21.1. The van der Waals surface area contributed by atoms with Crippen LogP contribution in [0.25, 0.3) is 0 Å². The smallest absolute Gasteiger partial charge is 0.550 e. The second kappa shape index (κ2) is 10.8. The predicted octanol–water partition coefficient (Wildman–Crippen LogP) is -1.45. The molecule has 116 valence electrons. The van der Waals surface area contributed by atoms with Crippen molar-refractivity contribution in [3.8, 4) is 0 Å². The third-order valence-corrected chi connectivity index (χ3v) is 4.04. The average molecular weight is 306 g/mol. The quantitative estimate of drug-likeness (QED) is 0.327. The summed E-state index contributed by atoms with van der Waals surface area (Å²) in [5.41, 5.74) is -1.14. The van der Waals surface area contributed by atoms with Crippen molar-refractivity contribution in [1.82, 2.24) is 0 Å². The molecule has 0 bridgehead atoms. The minimum atomic E-state index is -1.20. The molecular formula is C16H27NaO4. The Morgan fingerprint density at radius 1 is 1.48 bits per heavy atom. The van der Waals surface area contributed by atoms with Crippen LogP contribution in [0.5, 0.6) is 0 Å². The van der Waals surface area contributed by atoms with Crippen LogP contribution in [0, 0.1) is 5.92 Å². The van der Waals surface area contributed by atoms with Gasteiger partial charge in [-0.3, -0.25) is 0 Å². The molecule has 1 aliphatic carbocycles. The van der Waals surface area contributed by atoms with E-state index >= 15 is 0 Å². The minimum Gasteiger partial charge on any atom is -0.550 e. The van der Waals surface area contributed by atoms with Gasteiger partial charge < -0.3 is 20.1 Å². The summed E-state index contributed by atoms with van der Waals surface area (Å²) in [6, 6.07) is 0. The number of carbonyl (C=O) groups excluding carboxylic acids is 1. The van der Waals surface area contributed by atoms with Crippen molar-refractivity contribution in [1.29, 1.82) is 0 Å². The maximum Gasteiger partial charge on any atom is 1.00 e. The van der Waals surface area contributed by atoms with E-state index in [9.17, 15) is 20.1 Å². The van der Waals surface area contributed by atoms with Crippen LogP contribution in [0.1, 0.15) is 64.7 Å². The number of carboxylic acid groups (broad SMARTS) is 1. The van der Waals surface area contributed by atoms with Crippen molar-refractivity contribution >= 4 is 5.97 Å². The van der Waals surface area contributed by atoms with E-state index in [1.807, 2.05) is 6.08 Å². The Morgan fingerprint density at radius 2 is 2.19 bits per heavy atom. The number of aliphatic hydroxyl groups excluding tert-OH is 1. The Labute approximate surface area is 149 Å². The third kappa shape index (κ3) is 8.99. The van der Waals surface area contributed by atoms with E-state index in [1.165, 1.54) is 0 Å². The number of hydrogen-bond donors (Lipinski definition) is 2. The monoisotopic (exact) mass is 306 g/mol. The molecule has 1 saturated carbocycles. The molecular weight excluding hydrogens is 279 g/mol. The van der Waals surface area contributed by atoms with Crippen molar-refractivity contribution in [3.63, 3.8) is 0 Å². The number of allylic oxidation sites excluding steroid dienone is 1. The van der Waals surface area contributed by atoms with E-state index in [0.717, 1.165) is 38.5 Å². The molecule has 1 aliphatic rings. The van der Waals surface area contributed by atoms with Crippen molar-refractivity contribution in [3.05, 3.63) is 12.2 Å². The Hall–Kier alpha value is 0.130. The summed E-state index contributed by atoms with van der Waals surface area (Å²) in [5.74, 6) is -1.05. The zero-order valence-corrected chi connectivity index (χ0v) is 15.4. The predicted molar refractivity (Wildman–Crippen MR) is 75.8 cm³/mol. The second-order valence-corrected chi connectivity index (χ2v) is 6.08. The molecule has 1 rings (SSSR count). The zero-order valence-electron chi connectivity index (χ0n) is 13.4. The number of aliphatic carboxylic acids is 1. The molecule has 1 fully saturated rings. The van der Waals surface area contributed by atoms with E-state index < -0.39 is 17.7 Å². The van der Waals surface area contributed by atoms with Crippen LogP contribution in [-0.4, -0.2) is 27.9 Å². The van der Waals surface area contributed by atoms with Crippen molar-refractivity contribution < 1.29 is 49.7 Å². The van der Waals surface area contributed by atoms with Crippen LogP contribution in [-0.2, 0) is 4.79 Å². The van der Waals surface area contributed by atoms with E-state index in [2.05, 4.69) is 6.92 Å². The molecule has 0 heterocycles. The Morgan fingerprint density at radius 3 is 2.81 bits per heavy atom. The van der Waals surface area contributed by atoms with E-state index in [0.29, 0.717) is 12.8 Å². The fourth-order valence-electron chi connectivity index (χ4n) is 2.96. The summed E-state index contributed by atoms with van der Waals surface area (Å²) >= 11 is 0. The van der Waals surface area contributed by atoms with Gasteiger partial charge in [0.25, 0.3) is 0 Å². The minimum absolute atomic E-state index is 0. The molecule has 0 aromatic rings. The van der Waals surface area contributed by atoms with Gasteiger partial charge in [0, 0.05) is 12.4 Å². The fraction of sp³-hybridized carbons (Fsp3) is 0.812. The number of unbranched alkanes of at least 4 members (excludes halogenated alkanes) is 2. The first-order valence-electron chi connectivity index (χ1n) is 7.74. The maximum atomic E-state index is 10.7. The summed E-state index contributed by atoms with van der Waals surface area (Å²) < 4.78 is 0. The molecule has 0 saturated heterocycles. The first-order chi connectivity index (χ1) is 9.45. The molecule has 0 aliphatic heterocycles. The molecule has 0 aromatic heterocycles. The van der Waals surface area contributed by atoms with Gasteiger partial charge in [-0.2, -0.15) is 0 Å². The molecule has 3 atom stereocenters. The summed E-state index contributed by atoms with van der Waals surface area (Å²) in [6.45, 7) is 2.13. The molecule has 0 aromatic carbocycles. The first-order valence-corrected chi connectivity index (χ1v) is 7.74. The van der Waals surface area contributed by atoms with Gasteiger partial charge in [-0.1, -0.05) is 38.3 Å². The van der Waals surface area contributed by atoms with Gasteiger partial charge >= 0.3 is 29.6 Å². The molecule has 0 radical (unpaired) electrons. The summed E-state index contributed by atoms with van der Waals surface area (Å²) in [4.78, 5) is 10.7. The summed E-state index contributed by atoms with van der Waals surface area (Å²) in [5, 5.41) is 30.7. The van der Waals surface area contributed by atoms with Crippen LogP contribution in [0.15, 0.2) is 12.2 Å². The standard InChI is InChI=1S/C16H28O4.Na/c1-2-3-4-7-14(17)9-8-13-6-5-10-16(20,11-13)12-15(18)19;/h8-9,13-14,17,20H,2-7,10-12H2,1H3,(H,18,19);/q;+1/p-1/b9-8+;/t13-,14+,16+;/m1./s1. The van der Waals surface area contributed by atoms with Gasteiger partial charge in [0.1, 0.15) is 0 Å². The normalized spacial score (nSPS) is 27.3. The largest absolute Gasteiger partial charge is 1.00 e. The van der Waals surface area contributed by atoms with E-state index in [4.69, 9.17) is 0 Å². The molecule has 4 nitrogen and oxygen atoms in total. The van der Waals surface area contributed by atoms with Gasteiger partial charge in [0.05, 0.1) is 11.7 Å². The third-order valence-electron chi connectivity index (χ3n) is 4.04. The van der Waals surface area contributed by atoms with Crippen molar-refractivity contribution in [2.45, 2.75) is 76.4 Å². The van der Waals surface area contributed by atoms with Gasteiger partial charge in [-0.15, -0.1) is 0 Å². The fourth-order valence-corrected chi connectivity index (χ4v) is 2.96. The molecule has 2 N–H and O–H groups in total. The number of rotatable bonds is 8. The Kier molecular flexibility index (Phi) is 10.9. The zero-order chi connectivity index (χ0) is 15.0. The van der Waals surface area contributed by atoms with Crippen LogP contribution in [0.4, 0.5) is 0 Å². The molecule has 21 heavy (non-hydrogen) atoms. The number of hydrogen-bond acceptors (Lipinski definition) is 4. The SMILES string of the molecule is CCCCC[C@H](O)/C=C/[C@H]1CCC[C@@](O)(CC(=O)[O-])C1.[Na+]. The van der Waals surface area contributed by atoms with Crippen LogP contribution in [0.2, 0.25) is 0 Å². The van der Waals surface area contributed by atoms with Gasteiger partial charge in [-0.25, -0.2) is 0 Å². The second-order valence-electron chi connectivity index (χ2n) is 6.08. The molecule has 5 heteroatoms. The van der Waals surface area contributed by atoms with Gasteiger partial charge in [0.15, 0.2) is 0 Å². The summed E-state index contributed by atoms with van der Waals surface area (Å²) in [7, 11) is 0. The molecule has 0 amide bonds. The van der Waals surface area contributed by atoms with Crippen LogP contribution < -0.4 is 34.7 Å². The van der Waals surface area contributed by atoms with Crippen LogP contribution in [0.3, 0.4) is 0 Å². The van der Waals surface area contributed by atoms with Crippen molar-refractivity contribution in [2.75, 3.05) is 0 Å². The Bertz CT molecular complexity index is 332. The van der Waals surface area contributed by atoms with E-state index in [-0.39, 0.29) is 41.9 Å². The average Bonchev–Trinajstić information content (AvgIpc) is 2.35. The topological polar surface area (TPSA) is 80.6 Å². The maximum absolute atomic E-state index is 10.7. The van der Waals surface area contributed by atoms with E-state index in [1.54, 1.807) is 6.08 Å².